The lowest BCUT2D eigenvalue weighted by Crippen LogP contribution is -2.16. The number of hydrogen-bond acceptors (Lipinski definition) is 1. The Bertz CT molecular complexity index is 400. The van der Waals surface area contributed by atoms with Gasteiger partial charge in [-0.2, -0.15) is 13.2 Å². The first-order chi connectivity index (χ1) is 7.03. The van der Waals surface area contributed by atoms with Gasteiger partial charge in [-0.05, 0) is 29.5 Å². The van der Waals surface area contributed by atoms with E-state index in [0.29, 0.717) is 11.1 Å². The molecule has 1 nitrogen and oxygen atoms in total. The molecule has 2 N–H and O–H groups in total. The van der Waals surface area contributed by atoms with Crippen molar-refractivity contribution in [3.8, 4) is 0 Å². The van der Waals surface area contributed by atoms with Crippen LogP contribution in [0.3, 0.4) is 0 Å². The van der Waals surface area contributed by atoms with Gasteiger partial charge < -0.3 is 5.73 Å². The highest BCUT2D eigenvalue weighted by Crippen LogP contribution is 2.38. The maximum atomic E-state index is 12.7. The van der Waals surface area contributed by atoms with Crippen LogP contribution >= 0.6 is 0 Å². The molecule has 0 aliphatic rings. The molecule has 0 heterocycles. The van der Waals surface area contributed by atoms with Crippen molar-refractivity contribution in [2.45, 2.75) is 39.3 Å². The van der Waals surface area contributed by atoms with Crippen LogP contribution in [0.15, 0.2) is 12.1 Å². The van der Waals surface area contributed by atoms with Crippen molar-refractivity contribution in [1.29, 1.82) is 0 Å². The van der Waals surface area contributed by atoms with E-state index in [4.69, 9.17) is 5.73 Å². The van der Waals surface area contributed by atoms with Crippen molar-refractivity contribution >= 4 is 5.69 Å². The molecule has 0 aliphatic heterocycles. The monoisotopic (exact) mass is 231 g/mol. The van der Waals surface area contributed by atoms with Crippen LogP contribution in [-0.4, -0.2) is 0 Å². The molecule has 1 aromatic rings. The molecule has 0 bridgehead atoms. The van der Waals surface area contributed by atoms with Crippen LogP contribution in [0.2, 0.25) is 0 Å². The van der Waals surface area contributed by atoms with Crippen LogP contribution in [0.5, 0.6) is 0 Å². The van der Waals surface area contributed by atoms with Crippen molar-refractivity contribution in [3.63, 3.8) is 0 Å². The second-order valence-electron chi connectivity index (χ2n) is 5.00. The SMILES string of the molecule is Cc1cc(C(C)(C)C)cc(C(F)(F)F)c1N. The summed E-state index contributed by atoms with van der Waals surface area (Å²) in [4.78, 5) is 0. The molecule has 1 aromatic carbocycles. The lowest BCUT2D eigenvalue weighted by atomic mass is 9.84. The molecule has 0 aliphatic carbocycles. The number of benzene rings is 1. The maximum Gasteiger partial charge on any atom is 0.418 e. The van der Waals surface area contributed by atoms with Gasteiger partial charge in [0.15, 0.2) is 0 Å². The Kier molecular flexibility index (Phi) is 2.96. The van der Waals surface area contributed by atoms with Crippen molar-refractivity contribution in [2.75, 3.05) is 5.73 Å². The van der Waals surface area contributed by atoms with Crippen molar-refractivity contribution < 1.29 is 13.2 Å². The highest BCUT2D eigenvalue weighted by atomic mass is 19.4. The van der Waals surface area contributed by atoms with E-state index in [9.17, 15) is 13.2 Å². The van der Waals surface area contributed by atoms with Gasteiger partial charge in [-0.15, -0.1) is 0 Å². The molecule has 4 heteroatoms. The van der Waals surface area contributed by atoms with Crippen LogP contribution in [0.1, 0.15) is 37.5 Å². The Morgan fingerprint density at radius 1 is 1.06 bits per heavy atom. The number of anilines is 1. The third kappa shape index (κ3) is 2.49. The molecule has 1 rings (SSSR count). The number of hydrogen-bond donors (Lipinski definition) is 1. The van der Waals surface area contributed by atoms with Crippen molar-refractivity contribution in [2.24, 2.45) is 0 Å². The Morgan fingerprint density at radius 3 is 1.94 bits per heavy atom. The van der Waals surface area contributed by atoms with Gasteiger partial charge in [0.2, 0.25) is 0 Å². The average Bonchev–Trinajstić information content (AvgIpc) is 2.05. The van der Waals surface area contributed by atoms with Crippen LogP contribution < -0.4 is 5.73 Å². The predicted molar refractivity (Wildman–Crippen MR) is 59.3 cm³/mol. The van der Waals surface area contributed by atoms with E-state index in [0.717, 1.165) is 6.07 Å². The minimum Gasteiger partial charge on any atom is -0.398 e. The Labute approximate surface area is 93.5 Å². The summed E-state index contributed by atoms with van der Waals surface area (Å²) in [6.07, 6.45) is -4.39. The Morgan fingerprint density at radius 2 is 1.56 bits per heavy atom. The first kappa shape index (κ1) is 12.9. The number of halogens is 3. The van der Waals surface area contributed by atoms with Crippen LogP contribution in [0, 0.1) is 6.92 Å². The maximum absolute atomic E-state index is 12.7. The summed E-state index contributed by atoms with van der Waals surface area (Å²) in [6, 6.07) is 2.85. The molecule has 0 atom stereocenters. The van der Waals surface area contributed by atoms with Crippen molar-refractivity contribution in [1.82, 2.24) is 0 Å². The average molecular weight is 231 g/mol. The quantitative estimate of drug-likeness (QED) is 0.673. The standard InChI is InChI=1S/C12H16F3N/c1-7-5-8(11(2,3)4)6-9(10(7)16)12(13,14)15/h5-6H,16H2,1-4H3. The fourth-order valence-corrected chi connectivity index (χ4v) is 1.47. The zero-order chi connectivity index (χ0) is 12.7. The van der Waals surface area contributed by atoms with Gasteiger partial charge in [-0.25, -0.2) is 0 Å². The molecule has 0 spiro atoms. The largest absolute Gasteiger partial charge is 0.418 e. The zero-order valence-corrected chi connectivity index (χ0v) is 9.87. The molecule has 0 fully saturated rings. The molecular weight excluding hydrogens is 215 g/mol. The minimum atomic E-state index is -4.39. The molecule has 90 valence electrons. The summed E-state index contributed by atoms with van der Waals surface area (Å²) in [6.45, 7) is 7.22. The zero-order valence-electron chi connectivity index (χ0n) is 9.87. The normalized spacial score (nSPS) is 12.9. The van der Waals surface area contributed by atoms with E-state index in [1.54, 1.807) is 13.0 Å². The first-order valence-electron chi connectivity index (χ1n) is 5.01. The first-order valence-corrected chi connectivity index (χ1v) is 5.01. The number of nitrogens with two attached hydrogens (primary N) is 1. The van der Waals surface area contributed by atoms with E-state index in [1.165, 1.54) is 0 Å². The van der Waals surface area contributed by atoms with E-state index in [-0.39, 0.29) is 11.1 Å². The van der Waals surface area contributed by atoms with E-state index in [1.807, 2.05) is 20.8 Å². The number of nitrogen functional groups attached to an aromatic ring is 1. The van der Waals surface area contributed by atoms with E-state index >= 15 is 0 Å². The third-order valence-corrected chi connectivity index (χ3v) is 2.56. The van der Waals surface area contributed by atoms with Gasteiger partial charge >= 0.3 is 6.18 Å². The van der Waals surface area contributed by atoms with Gasteiger partial charge in [0.25, 0.3) is 0 Å². The number of rotatable bonds is 0. The van der Waals surface area contributed by atoms with Gasteiger partial charge in [-0.3, -0.25) is 0 Å². The highest BCUT2D eigenvalue weighted by molar-refractivity contribution is 5.57. The third-order valence-electron chi connectivity index (χ3n) is 2.56. The summed E-state index contributed by atoms with van der Waals surface area (Å²) in [5.74, 6) is 0. The molecule has 0 saturated carbocycles. The van der Waals surface area contributed by atoms with Gasteiger partial charge in [0, 0.05) is 5.69 Å². The molecule has 16 heavy (non-hydrogen) atoms. The molecule has 0 amide bonds. The summed E-state index contributed by atoms with van der Waals surface area (Å²) >= 11 is 0. The molecule has 0 saturated heterocycles. The van der Waals surface area contributed by atoms with E-state index < -0.39 is 11.7 Å². The fraction of sp³-hybridized carbons (Fsp3) is 0.500. The van der Waals surface area contributed by atoms with E-state index in [2.05, 4.69) is 0 Å². The fourth-order valence-electron chi connectivity index (χ4n) is 1.47. The predicted octanol–water partition coefficient (Wildman–Crippen LogP) is 3.89. The molecule has 0 unspecified atom stereocenters. The van der Waals surface area contributed by atoms with Crippen LogP contribution in [0.25, 0.3) is 0 Å². The van der Waals surface area contributed by atoms with Crippen LogP contribution in [0.4, 0.5) is 18.9 Å². The lowest BCUT2D eigenvalue weighted by molar-refractivity contribution is -0.137. The molecule has 0 aromatic heterocycles. The summed E-state index contributed by atoms with van der Waals surface area (Å²) in [5.41, 5.74) is 5.34. The van der Waals surface area contributed by atoms with Crippen molar-refractivity contribution in [3.05, 3.63) is 28.8 Å². The second-order valence-corrected chi connectivity index (χ2v) is 5.00. The summed E-state index contributed by atoms with van der Waals surface area (Å²) in [5, 5.41) is 0. The van der Waals surface area contributed by atoms with Gasteiger partial charge in [0.1, 0.15) is 0 Å². The highest BCUT2D eigenvalue weighted by Gasteiger charge is 2.34. The van der Waals surface area contributed by atoms with Gasteiger partial charge in [-0.1, -0.05) is 26.8 Å². The summed E-state index contributed by atoms with van der Waals surface area (Å²) in [7, 11) is 0. The second kappa shape index (κ2) is 3.68. The Balaban J connectivity index is 3.46. The lowest BCUT2D eigenvalue weighted by Gasteiger charge is -2.22. The topological polar surface area (TPSA) is 26.0 Å². The Hall–Kier alpha value is -1.19. The summed E-state index contributed by atoms with van der Waals surface area (Å²) < 4.78 is 38.2. The smallest absolute Gasteiger partial charge is 0.398 e. The number of aryl methyl sites for hydroxylation is 1. The van der Waals surface area contributed by atoms with Crippen LogP contribution in [-0.2, 0) is 11.6 Å². The molecule has 0 radical (unpaired) electrons. The minimum absolute atomic E-state index is 0.180. The number of alkyl halides is 3. The molecular formula is C12H16F3N. The van der Waals surface area contributed by atoms with Gasteiger partial charge in [0.05, 0.1) is 5.56 Å².